The Hall–Kier alpha value is -5.18. The maximum Gasteiger partial charge on any atom is 0.500 e. The minimum absolute atomic E-state index is 0.130. The van der Waals surface area contributed by atoms with Gasteiger partial charge in [0, 0.05) is 38.1 Å². The molecular weight excluding hydrogens is 673 g/mol. The highest BCUT2D eigenvalue weighted by atomic mass is 28.4. The molecule has 0 atom stereocenters. The van der Waals surface area contributed by atoms with Crippen LogP contribution in [0.4, 0.5) is 16.2 Å². The Kier molecular flexibility index (Phi) is 13.0. The van der Waals surface area contributed by atoms with Gasteiger partial charge in [0.25, 0.3) is 0 Å². The van der Waals surface area contributed by atoms with Crippen LogP contribution in [-0.4, -0.2) is 61.0 Å². The summed E-state index contributed by atoms with van der Waals surface area (Å²) in [5, 5.41) is 5.59. The predicted octanol–water partition coefficient (Wildman–Crippen LogP) is 4.90. The lowest BCUT2D eigenvalue weighted by Crippen LogP contribution is -2.53. The Balaban J connectivity index is 1.77. The number of hydrogen-bond donors (Lipinski definition) is 2. The number of rotatable bonds is 15. The highest BCUT2D eigenvalue weighted by Crippen LogP contribution is 2.22. The summed E-state index contributed by atoms with van der Waals surface area (Å²) in [5.74, 6) is 0. The van der Waals surface area contributed by atoms with Crippen molar-refractivity contribution in [1.29, 1.82) is 0 Å². The van der Waals surface area contributed by atoms with Crippen molar-refractivity contribution in [3.63, 3.8) is 0 Å². The highest BCUT2D eigenvalue weighted by molar-refractivity contribution is 6.60. The fourth-order valence-electron chi connectivity index (χ4n) is 5.70. The lowest BCUT2D eigenvalue weighted by Gasteiger charge is -2.28. The van der Waals surface area contributed by atoms with Crippen LogP contribution in [0.1, 0.15) is 49.4 Å². The lowest BCUT2D eigenvalue weighted by molar-refractivity contribution is 0.0708. The van der Waals surface area contributed by atoms with Crippen LogP contribution in [0.25, 0.3) is 17.1 Å². The zero-order valence-corrected chi connectivity index (χ0v) is 31.0. The van der Waals surface area contributed by atoms with Gasteiger partial charge in [-0.3, -0.25) is 0 Å². The Morgan fingerprint density at radius 3 is 1.75 bits per heavy atom. The molecule has 0 fully saturated rings. The number of nitrogens with one attached hydrogen (secondary N) is 2. The van der Waals surface area contributed by atoms with Crippen molar-refractivity contribution in [1.82, 2.24) is 19.0 Å². The van der Waals surface area contributed by atoms with Gasteiger partial charge in [-0.1, -0.05) is 24.3 Å². The molecule has 0 aliphatic rings. The molecule has 0 aliphatic carbocycles. The quantitative estimate of drug-likeness (QED) is 0.0760. The van der Waals surface area contributed by atoms with Crippen molar-refractivity contribution in [2.24, 2.45) is 4.99 Å². The number of benzene rings is 3. The minimum atomic E-state index is -2.87. The molecule has 14 nitrogen and oxygen atoms in total. The molecule has 0 aliphatic heterocycles. The van der Waals surface area contributed by atoms with Crippen molar-refractivity contribution in [2.75, 3.05) is 31.7 Å². The second kappa shape index (κ2) is 17.2. The molecule has 0 saturated heterocycles. The molecule has 0 bridgehead atoms. The first-order valence-corrected chi connectivity index (χ1v) is 18.7. The molecule has 2 N–H and O–H groups in total. The van der Waals surface area contributed by atoms with Crippen LogP contribution in [-0.2, 0) is 18.1 Å². The highest BCUT2D eigenvalue weighted by Gasteiger charge is 2.39. The van der Waals surface area contributed by atoms with Crippen molar-refractivity contribution in [3.05, 3.63) is 108 Å². The normalized spacial score (nSPS) is 11.3. The topological polar surface area (TPSA) is 164 Å². The first-order chi connectivity index (χ1) is 24.4. The maximum absolute atomic E-state index is 14.3. The number of anilines is 1. The summed E-state index contributed by atoms with van der Waals surface area (Å²) >= 11 is 0. The summed E-state index contributed by atoms with van der Waals surface area (Å²) in [5.41, 5.74) is 0.759. The Bertz CT molecular complexity index is 2120. The van der Waals surface area contributed by atoms with Crippen LogP contribution >= 0.6 is 0 Å². The molecule has 51 heavy (non-hydrogen) atoms. The van der Waals surface area contributed by atoms with E-state index in [0.717, 1.165) is 19.3 Å². The average molecular weight is 717 g/mol. The zero-order chi connectivity index (χ0) is 37.3. The smallest absolute Gasteiger partial charge is 0.374 e. The van der Waals surface area contributed by atoms with Crippen LogP contribution in [0.15, 0.2) is 74.0 Å². The van der Waals surface area contributed by atoms with Crippen LogP contribution in [0.2, 0.25) is 6.04 Å². The Labute approximate surface area is 296 Å². The van der Waals surface area contributed by atoms with Crippen LogP contribution < -0.4 is 27.7 Å². The molecule has 270 valence electrons. The summed E-state index contributed by atoms with van der Waals surface area (Å²) in [4.78, 5) is 70.5. The molecule has 3 aromatic carbocycles. The molecule has 4 rings (SSSR count). The Morgan fingerprint density at radius 2 is 1.22 bits per heavy atom. The SMILES string of the molecule is CCO[Si](CCCNC(=O)Nc1ccc(C)c(-n2c(=O)n(-c3cc(C)ccc3C)c(=O)n(-c3cc(N=C=O)ccc3C)c2=O)c1)(OCC)OCC. The lowest BCUT2D eigenvalue weighted by atomic mass is 10.1. The number of urea groups is 1. The van der Waals surface area contributed by atoms with E-state index in [0.29, 0.717) is 66.9 Å². The van der Waals surface area contributed by atoms with Crippen LogP contribution in [0, 0.1) is 27.7 Å². The van der Waals surface area contributed by atoms with Crippen molar-refractivity contribution >= 4 is 32.3 Å². The van der Waals surface area contributed by atoms with E-state index < -0.39 is 31.9 Å². The van der Waals surface area contributed by atoms with Gasteiger partial charge >= 0.3 is 31.9 Å². The maximum atomic E-state index is 14.3. The number of aliphatic imine (C=N–C) groups is 1. The van der Waals surface area contributed by atoms with E-state index in [1.54, 1.807) is 57.2 Å². The first kappa shape index (κ1) is 38.6. The van der Waals surface area contributed by atoms with Gasteiger partial charge in [-0.2, -0.15) is 4.99 Å². The summed E-state index contributed by atoms with van der Waals surface area (Å²) in [7, 11) is -2.87. The summed E-state index contributed by atoms with van der Waals surface area (Å²) < 4.78 is 20.4. The van der Waals surface area contributed by atoms with E-state index in [4.69, 9.17) is 13.3 Å². The number of carbonyl (C=O) groups is 1. The van der Waals surface area contributed by atoms with Crippen LogP contribution in [0.3, 0.4) is 0 Å². The predicted molar refractivity (Wildman–Crippen MR) is 197 cm³/mol. The second-order valence-corrected chi connectivity index (χ2v) is 14.5. The van der Waals surface area contributed by atoms with E-state index in [-0.39, 0.29) is 17.1 Å². The van der Waals surface area contributed by atoms with E-state index >= 15 is 0 Å². The molecule has 0 unspecified atom stereocenters. The van der Waals surface area contributed by atoms with Gasteiger partial charge in [0.2, 0.25) is 6.08 Å². The van der Waals surface area contributed by atoms with Crippen molar-refractivity contribution in [2.45, 2.75) is 60.9 Å². The number of nitrogens with zero attached hydrogens (tertiary/aromatic N) is 4. The molecule has 1 heterocycles. The third kappa shape index (κ3) is 8.77. The third-order valence-electron chi connectivity index (χ3n) is 8.11. The van der Waals surface area contributed by atoms with E-state index in [9.17, 15) is 24.0 Å². The summed E-state index contributed by atoms with van der Waals surface area (Å²) in [6, 6.07) is 14.7. The summed E-state index contributed by atoms with van der Waals surface area (Å²) in [6.45, 7) is 14.3. The molecule has 4 aromatic rings. The molecule has 1 aromatic heterocycles. The first-order valence-electron chi connectivity index (χ1n) is 16.8. The molecular formula is C36H44N6O8Si. The second-order valence-electron chi connectivity index (χ2n) is 11.8. The van der Waals surface area contributed by atoms with Crippen LogP contribution in [0.5, 0.6) is 0 Å². The molecule has 0 radical (unpaired) electrons. The fourth-order valence-corrected chi connectivity index (χ4v) is 8.31. The number of aryl methyl sites for hydroxylation is 4. The number of aromatic nitrogens is 3. The third-order valence-corrected chi connectivity index (χ3v) is 11.3. The average Bonchev–Trinajstić information content (AvgIpc) is 3.08. The van der Waals surface area contributed by atoms with Crippen molar-refractivity contribution in [3.8, 4) is 17.1 Å². The standard InChI is InChI=1S/C36H44N6O8Si/c1-8-48-51(49-9-2,50-10-3)19-11-18-37-33(44)39-29-17-15-27(7)32(22-29)42-35(46)40(30-20-24(4)12-13-25(30)5)34(45)41(36(42)47)31-21-28(38-23-43)16-14-26(31)6/h12-17,20-22H,8-11,18-19H2,1-7H3,(H2,37,39,44). The summed E-state index contributed by atoms with van der Waals surface area (Å²) in [6.07, 6.45) is 2.02. The van der Waals surface area contributed by atoms with Gasteiger partial charge in [0.15, 0.2) is 0 Å². The van der Waals surface area contributed by atoms with Gasteiger partial charge in [-0.25, -0.2) is 37.7 Å². The van der Waals surface area contributed by atoms with Gasteiger partial charge in [-0.15, -0.1) is 0 Å². The zero-order valence-electron chi connectivity index (χ0n) is 30.0. The number of carbonyl (C=O) groups excluding carboxylic acids is 2. The number of hydrogen-bond acceptors (Lipinski definition) is 9. The van der Waals surface area contributed by atoms with Gasteiger partial charge < -0.3 is 23.9 Å². The van der Waals surface area contributed by atoms with E-state index in [1.165, 1.54) is 18.2 Å². The molecule has 2 amide bonds. The number of isocyanates is 1. The van der Waals surface area contributed by atoms with Crippen molar-refractivity contribution < 1.29 is 22.9 Å². The van der Waals surface area contributed by atoms with Gasteiger partial charge in [0.1, 0.15) is 0 Å². The fraction of sp³-hybridized carbons (Fsp3) is 0.361. The van der Waals surface area contributed by atoms with Gasteiger partial charge in [0.05, 0.1) is 22.7 Å². The van der Waals surface area contributed by atoms with E-state index in [2.05, 4.69) is 15.6 Å². The van der Waals surface area contributed by atoms with Gasteiger partial charge in [-0.05, 0) is 107 Å². The number of amides is 2. The molecule has 15 heteroatoms. The largest absolute Gasteiger partial charge is 0.500 e. The minimum Gasteiger partial charge on any atom is -0.374 e. The monoisotopic (exact) mass is 716 g/mol. The Morgan fingerprint density at radius 1 is 0.725 bits per heavy atom. The molecule has 0 saturated carbocycles. The molecule has 0 spiro atoms. The van der Waals surface area contributed by atoms with E-state index in [1.807, 2.05) is 33.8 Å².